The average molecular weight is 308 g/mol. The quantitative estimate of drug-likeness (QED) is 0.624. The van der Waals surface area contributed by atoms with Gasteiger partial charge in [0.25, 0.3) is 0 Å². The Morgan fingerprint density at radius 2 is 2.24 bits per heavy atom. The van der Waals surface area contributed by atoms with E-state index in [-0.39, 0.29) is 17.9 Å². The Kier molecular flexibility index (Phi) is 6.21. The molecule has 0 saturated heterocycles. The normalized spacial score (nSPS) is 23.3. The van der Waals surface area contributed by atoms with E-state index in [1.807, 2.05) is 18.2 Å². The van der Waals surface area contributed by atoms with Gasteiger partial charge in [-0.1, -0.05) is 6.08 Å². The van der Waals surface area contributed by atoms with Gasteiger partial charge in [-0.15, -0.1) is 6.58 Å². The lowest BCUT2D eigenvalue weighted by Crippen LogP contribution is -2.35. The molecule has 1 aromatic rings. The molecule has 1 atom stereocenters. The van der Waals surface area contributed by atoms with Crippen molar-refractivity contribution in [3.05, 3.63) is 37.2 Å². The first-order valence-corrected chi connectivity index (χ1v) is 7.80. The van der Waals surface area contributed by atoms with Gasteiger partial charge in [0, 0.05) is 18.2 Å². The number of amides is 1. The molecule has 21 heavy (non-hydrogen) atoms. The molecule has 1 heterocycles. The molecule has 4 nitrogen and oxygen atoms in total. The van der Waals surface area contributed by atoms with E-state index < -0.39 is 0 Å². The van der Waals surface area contributed by atoms with E-state index in [9.17, 15) is 4.79 Å². The Hall–Kier alpha value is -1.39. The number of nitrogens with one attached hydrogen (secondary N) is 2. The van der Waals surface area contributed by atoms with Gasteiger partial charge in [-0.2, -0.15) is 0 Å². The van der Waals surface area contributed by atoms with E-state index in [2.05, 4.69) is 21.7 Å². The van der Waals surface area contributed by atoms with Crippen molar-refractivity contribution in [2.75, 3.05) is 5.32 Å². The number of hydrogen-bond donors (Lipinski definition) is 2. The average Bonchev–Trinajstić information content (AvgIpc) is 2.54. The molecule has 1 aliphatic carbocycles. The van der Waals surface area contributed by atoms with Crippen molar-refractivity contribution >= 4 is 23.4 Å². The summed E-state index contributed by atoms with van der Waals surface area (Å²) in [5.41, 5.74) is 0.761. The first-order chi connectivity index (χ1) is 10.2. The molecular weight excluding hydrogens is 286 g/mol. The molecule has 1 aromatic heterocycles. The molecular formula is C16H22ClN3O. The standard InChI is InChI=1S/C16H22ClN3O/c1-2-4-15(20-17)12-6-8-13(9-7-12)16(21)19-14-5-3-10-18-11-14/h2-3,5,10-13,15,20H,1,4,6-9H2,(H,19,21). The minimum atomic E-state index is 0.0844. The number of rotatable bonds is 6. The Morgan fingerprint density at radius 3 is 2.81 bits per heavy atom. The summed E-state index contributed by atoms with van der Waals surface area (Å²) in [7, 11) is 0. The van der Waals surface area contributed by atoms with E-state index in [1.54, 1.807) is 12.4 Å². The molecule has 2 rings (SSSR count). The molecule has 114 valence electrons. The number of carbonyl (C=O) groups is 1. The van der Waals surface area contributed by atoms with Crippen LogP contribution in [0.4, 0.5) is 5.69 Å². The smallest absolute Gasteiger partial charge is 0.227 e. The number of hydrogen-bond acceptors (Lipinski definition) is 3. The maximum atomic E-state index is 12.2. The monoisotopic (exact) mass is 307 g/mol. The van der Waals surface area contributed by atoms with Gasteiger partial charge in [0.05, 0.1) is 11.9 Å². The zero-order chi connectivity index (χ0) is 15.1. The van der Waals surface area contributed by atoms with Crippen LogP contribution in [0, 0.1) is 11.8 Å². The van der Waals surface area contributed by atoms with Crippen molar-refractivity contribution < 1.29 is 4.79 Å². The van der Waals surface area contributed by atoms with Gasteiger partial charge in [-0.05, 0) is 61.9 Å². The molecule has 0 radical (unpaired) electrons. The largest absolute Gasteiger partial charge is 0.324 e. The summed E-state index contributed by atoms with van der Waals surface area (Å²) >= 11 is 5.80. The van der Waals surface area contributed by atoms with E-state index in [1.165, 1.54) is 0 Å². The first-order valence-electron chi connectivity index (χ1n) is 7.42. The highest BCUT2D eigenvalue weighted by molar-refractivity contribution is 6.13. The molecule has 2 N–H and O–H groups in total. The molecule has 1 fully saturated rings. The van der Waals surface area contributed by atoms with E-state index in [4.69, 9.17) is 11.8 Å². The highest BCUT2D eigenvalue weighted by Crippen LogP contribution is 2.32. The summed E-state index contributed by atoms with van der Waals surface area (Å²) in [5.74, 6) is 0.699. The fourth-order valence-corrected chi connectivity index (χ4v) is 3.24. The minimum absolute atomic E-state index is 0.0844. The Balaban J connectivity index is 1.83. The van der Waals surface area contributed by atoms with Gasteiger partial charge in [0.2, 0.25) is 5.91 Å². The molecule has 1 aliphatic rings. The van der Waals surface area contributed by atoms with Crippen LogP contribution in [-0.2, 0) is 4.79 Å². The lowest BCUT2D eigenvalue weighted by atomic mass is 9.77. The Bertz CT molecular complexity index is 458. The molecule has 5 heteroatoms. The second kappa shape index (κ2) is 8.15. The number of carbonyl (C=O) groups excluding carboxylic acids is 1. The van der Waals surface area contributed by atoms with Crippen LogP contribution in [0.3, 0.4) is 0 Å². The summed E-state index contributed by atoms with van der Waals surface area (Å²) < 4.78 is 0. The van der Waals surface area contributed by atoms with E-state index in [0.717, 1.165) is 37.8 Å². The van der Waals surface area contributed by atoms with Crippen molar-refractivity contribution in [2.24, 2.45) is 11.8 Å². The van der Waals surface area contributed by atoms with Crippen LogP contribution < -0.4 is 10.2 Å². The van der Waals surface area contributed by atoms with E-state index in [0.29, 0.717) is 5.92 Å². The van der Waals surface area contributed by atoms with Crippen LogP contribution >= 0.6 is 11.8 Å². The minimum Gasteiger partial charge on any atom is -0.324 e. The zero-order valence-corrected chi connectivity index (χ0v) is 12.9. The lowest BCUT2D eigenvalue weighted by molar-refractivity contribution is -0.121. The predicted octanol–water partition coefficient (Wildman–Crippen LogP) is 3.51. The van der Waals surface area contributed by atoms with Gasteiger partial charge in [0.15, 0.2) is 0 Å². The van der Waals surface area contributed by atoms with Gasteiger partial charge >= 0.3 is 0 Å². The zero-order valence-electron chi connectivity index (χ0n) is 12.1. The Morgan fingerprint density at radius 1 is 1.48 bits per heavy atom. The molecule has 0 spiro atoms. The highest BCUT2D eigenvalue weighted by Gasteiger charge is 2.30. The van der Waals surface area contributed by atoms with E-state index >= 15 is 0 Å². The van der Waals surface area contributed by atoms with Gasteiger partial charge in [-0.3, -0.25) is 9.78 Å². The highest BCUT2D eigenvalue weighted by atomic mass is 35.5. The summed E-state index contributed by atoms with van der Waals surface area (Å²) in [4.78, 5) is 19.1. The van der Waals surface area contributed by atoms with Crippen molar-refractivity contribution in [1.82, 2.24) is 9.82 Å². The van der Waals surface area contributed by atoms with Crippen LogP contribution in [0.2, 0.25) is 0 Å². The van der Waals surface area contributed by atoms with Gasteiger partial charge < -0.3 is 5.32 Å². The van der Waals surface area contributed by atoms with Crippen molar-refractivity contribution in [1.29, 1.82) is 0 Å². The third kappa shape index (κ3) is 4.55. The van der Waals surface area contributed by atoms with Crippen LogP contribution in [0.5, 0.6) is 0 Å². The summed E-state index contributed by atoms with van der Waals surface area (Å²) in [6.07, 6.45) is 9.96. The number of halogens is 1. The fraction of sp³-hybridized carbons (Fsp3) is 0.500. The molecule has 1 amide bonds. The van der Waals surface area contributed by atoms with Gasteiger partial charge in [-0.25, -0.2) is 4.84 Å². The first kappa shape index (κ1) is 16.0. The molecule has 0 aliphatic heterocycles. The van der Waals surface area contributed by atoms with Crippen LogP contribution in [-0.4, -0.2) is 16.9 Å². The van der Waals surface area contributed by atoms with Crippen LogP contribution in [0.15, 0.2) is 37.2 Å². The van der Waals surface area contributed by atoms with Crippen molar-refractivity contribution in [3.8, 4) is 0 Å². The number of nitrogens with zero attached hydrogens (tertiary/aromatic N) is 1. The molecule has 1 unspecified atom stereocenters. The summed E-state index contributed by atoms with van der Waals surface area (Å²) in [5, 5.41) is 2.94. The third-order valence-corrected chi connectivity index (χ3v) is 4.48. The molecule has 0 bridgehead atoms. The maximum Gasteiger partial charge on any atom is 0.227 e. The third-order valence-electron chi connectivity index (χ3n) is 4.20. The van der Waals surface area contributed by atoms with Crippen molar-refractivity contribution in [3.63, 3.8) is 0 Å². The fourth-order valence-electron chi connectivity index (χ4n) is 2.97. The lowest BCUT2D eigenvalue weighted by Gasteiger charge is -2.32. The molecule has 1 saturated carbocycles. The summed E-state index contributed by atoms with van der Waals surface area (Å²) in [6, 6.07) is 3.93. The maximum absolute atomic E-state index is 12.2. The second-order valence-corrected chi connectivity index (χ2v) is 5.80. The SMILES string of the molecule is C=CCC(NCl)C1CCC(C(=O)Nc2cccnc2)CC1. The Labute approximate surface area is 131 Å². The van der Waals surface area contributed by atoms with Gasteiger partial charge in [0.1, 0.15) is 0 Å². The number of anilines is 1. The predicted molar refractivity (Wildman–Crippen MR) is 85.9 cm³/mol. The number of aromatic nitrogens is 1. The summed E-state index contributed by atoms with van der Waals surface area (Å²) in [6.45, 7) is 3.76. The van der Waals surface area contributed by atoms with Crippen LogP contribution in [0.1, 0.15) is 32.1 Å². The van der Waals surface area contributed by atoms with Crippen molar-refractivity contribution in [2.45, 2.75) is 38.1 Å². The topological polar surface area (TPSA) is 54.0 Å². The van der Waals surface area contributed by atoms with Crippen LogP contribution in [0.25, 0.3) is 0 Å². The number of pyridine rings is 1. The second-order valence-electron chi connectivity index (χ2n) is 5.58. The molecule has 0 aromatic carbocycles.